The lowest BCUT2D eigenvalue weighted by Crippen LogP contribution is -2.38. The Bertz CT molecular complexity index is 1130. The number of fused-ring (bicyclic) bond motifs is 3. The van der Waals surface area contributed by atoms with E-state index in [0.29, 0.717) is 34.8 Å². The van der Waals surface area contributed by atoms with E-state index in [4.69, 9.17) is 32.7 Å². The molecule has 0 aliphatic carbocycles. The minimum atomic E-state index is -0.198. The summed E-state index contributed by atoms with van der Waals surface area (Å²) in [6.07, 6.45) is 3.74. The van der Waals surface area contributed by atoms with Crippen LogP contribution in [0.5, 0.6) is 5.75 Å². The van der Waals surface area contributed by atoms with E-state index in [2.05, 4.69) is 14.5 Å². The topological polar surface area (TPSA) is 69.5 Å². The van der Waals surface area contributed by atoms with Crippen LogP contribution in [-0.4, -0.2) is 52.2 Å². The first-order chi connectivity index (χ1) is 14.6. The summed E-state index contributed by atoms with van der Waals surface area (Å²) in [6, 6.07) is 3.81. The third-order valence-electron chi connectivity index (χ3n) is 5.80. The molecule has 156 valence electrons. The zero-order valence-corrected chi connectivity index (χ0v) is 17.9. The highest BCUT2D eigenvalue weighted by Crippen LogP contribution is 2.39. The average Bonchev–Trinajstić information content (AvgIpc) is 3.06. The molecule has 1 aromatic carbocycles. The zero-order chi connectivity index (χ0) is 20.8. The van der Waals surface area contributed by atoms with Crippen LogP contribution in [0.25, 0.3) is 10.9 Å². The molecule has 0 N–H and O–H groups in total. The van der Waals surface area contributed by atoms with E-state index in [9.17, 15) is 4.79 Å². The van der Waals surface area contributed by atoms with Gasteiger partial charge in [-0.3, -0.25) is 4.79 Å². The maximum absolute atomic E-state index is 13.0. The van der Waals surface area contributed by atoms with Crippen molar-refractivity contribution < 1.29 is 14.3 Å². The van der Waals surface area contributed by atoms with Crippen LogP contribution < -0.4 is 4.74 Å². The number of aromatic nitrogens is 3. The highest BCUT2D eigenvalue weighted by atomic mass is 35.5. The Hall–Kier alpha value is -2.35. The molecule has 2 aliphatic heterocycles. The van der Waals surface area contributed by atoms with Crippen molar-refractivity contribution in [2.45, 2.75) is 19.5 Å². The summed E-state index contributed by atoms with van der Waals surface area (Å²) in [5.41, 5.74) is 3.26. The Morgan fingerprint density at radius 1 is 1.27 bits per heavy atom. The smallest absolute Gasteiger partial charge is 0.291 e. The lowest BCUT2D eigenvalue weighted by atomic mass is 10.0. The number of nitrogens with zero attached hydrogens (tertiary/aromatic N) is 4. The van der Waals surface area contributed by atoms with Gasteiger partial charge >= 0.3 is 0 Å². The number of ether oxygens (including phenoxy) is 2. The SMILES string of the molecule is COc1cnc(C(=O)N2CCc3c(c4ccc(Cl)c(Cl)c4n3CC3COC3)C2)nc1. The lowest BCUT2D eigenvalue weighted by molar-refractivity contribution is -0.0392. The molecule has 5 rings (SSSR count). The van der Waals surface area contributed by atoms with E-state index in [0.717, 1.165) is 42.6 Å². The van der Waals surface area contributed by atoms with Gasteiger partial charge in [0, 0.05) is 48.6 Å². The van der Waals surface area contributed by atoms with Crippen LogP contribution in [0.1, 0.15) is 21.9 Å². The predicted molar refractivity (Wildman–Crippen MR) is 113 cm³/mol. The van der Waals surface area contributed by atoms with Crippen molar-refractivity contribution in [3.8, 4) is 5.75 Å². The largest absolute Gasteiger partial charge is 0.494 e. The van der Waals surface area contributed by atoms with Gasteiger partial charge in [-0.15, -0.1) is 0 Å². The minimum Gasteiger partial charge on any atom is -0.494 e. The van der Waals surface area contributed by atoms with Crippen molar-refractivity contribution in [3.63, 3.8) is 0 Å². The molecule has 0 atom stereocenters. The third kappa shape index (κ3) is 3.21. The molecular weight excluding hydrogens is 427 g/mol. The van der Waals surface area contributed by atoms with Crippen molar-refractivity contribution >= 4 is 40.0 Å². The molecule has 0 bridgehead atoms. The summed E-state index contributed by atoms with van der Waals surface area (Å²) in [6.45, 7) is 3.41. The number of rotatable bonds is 4. The Morgan fingerprint density at radius 3 is 2.70 bits per heavy atom. The number of carbonyl (C=O) groups excluding carboxylic acids is 1. The van der Waals surface area contributed by atoms with E-state index in [1.165, 1.54) is 25.2 Å². The molecule has 1 fully saturated rings. The second-order valence-corrected chi connectivity index (χ2v) is 8.41. The number of halogens is 2. The highest BCUT2D eigenvalue weighted by Gasteiger charge is 2.31. The molecule has 4 heterocycles. The Labute approximate surface area is 183 Å². The van der Waals surface area contributed by atoms with E-state index in [1.807, 2.05) is 12.1 Å². The summed E-state index contributed by atoms with van der Waals surface area (Å²) < 4.78 is 12.7. The van der Waals surface area contributed by atoms with E-state index in [1.54, 1.807) is 4.90 Å². The van der Waals surface area contributed by atoms with Crippen molar-refractivity contribution in [1.82, 2.24) is 19.4 Å². The number of methoxy groups -OCH3 is 1. The second kappa shape index (κ2) is 7.72. The van der Waals surface area contributed by atoms with Gasteiger partial charge in [0.15, 0.2) is 5.75 Å². The average molecular weight is 447 g/mol. The molecule has 0 spiro atoms. The summed E-state index contributed by atoms with van der Waals surface area (Å²) in [4.78, 5) is 23.1. The summed E-state index contributed by atoms with van der Waals surface area (Å²) in [5, 5.41) is 2.12. The molecule has 2 aromatic heterocycles. The number of hydrogen-bond acceptors (Lipinski definition) is 5. The first-order valence-corrected chi connectivity index (χ1v) is 10.5. The van der Waals surface area contributed by atoms with Crippen LogP contribution >= 0.6 is 23.2 Å². The third-order valence-corrected chi connectivity index (χ3v) is 6.59. The fraction of sp³-hybridized carbons (Fsp3) is 0.381. The summed E-state index contributed by atoms with van der Waals surface area (Å²) in [7, 11) is 1.54. The molecule has 7 nitrogen and oxygen atoms in total. The van der Waals surface area contributed by atoms with Crippen LogP contribution in [0.4, 0.5) is 0 Å². The Kier molecular flexibility index (Phi) is 5.05. The van der Waals surface area contributed by atoms with Crippen LogP contribution in [0.15, 0.2) is 24.5 Å². The molecule has 0 unspecified atom stereocenters. The molecular formula is C21H20Cl2N4O3. The monoisotopic (exact) mass is 446 g/mol. The first kappa shape index (κ1) is 19.6. The maximum atomic E-state index is 13.0. The van der Waals surface area contributed by atoms with Gasteiger partial charge < -0.3 is 18.9 Å². The van der Waals surface area contributed by atoms with Crippen molar-refractivity contribution in [1.29, 1.82) is 0 Å². The Morgan fingerprint density at radius 2 is 2.03 bits per heavy atom. The van der Waals surface area contributed by atoms with Gasteiger partial charge in [0.2, 0.25) is 5.82 Å². The second-order valence-electron chi connectivity index (χ2n) is 7.62. The lowest BCUT2D eigenvalue weighted by Gasteiger charge is -2.30. The van der Waals surface area contributed by atoms with E-state index < -0.39 is 0 Å². The van der Waals surface area contributed by atoms with Gasteiger partial charge in [-0.25, -0.2) is 9.97 Å². The molecule has 2 aliphatic rings. The summed E-state index contributed by atoms with van der Waals surface area (Å²) >= 11 is 13.0. The summed E-state index contributed by atoms with van der Waals surface area (Å²) in [5.74, 6) is 0.946. The van der Waals surface area contributed by atoms with E-state index in [-0.39, 0.29) is 11.7 Å². The van der Waals surface area contributed by atoms with Crippen molar-refractivity contribution in [3.05, 3.63) is 51.7 Å². The van der Waals surface area contributed by atoms with Crippen LogP contribution in [0.2, 0.25) is 10.0 Å². The van der Waals surface area contributed by atoms with Gasteiger partial charge in [0.1, 0.15) is 0 Å². The zero-order valence-electron chi connectivity index (χ0n) is 16.4. The minimum absolute atomic E-state index is 0.163. The molecule has 9 heteroatoms. The van der Waals surface area contributed by atoms with Crippen molar-refractivity contribution in [2.24, 2.45) is 5.92 Å². The van der Waals surface area contributed by atoms with Gasteiger partial charge in [-0.1, -0.05) is 29.3 Å². The molecule has 3 aromatic rings. The van der Waals surface area contributed by atoms with Gasteiger partial charge in [-0.05, 0) is 6.07 Å². The number of amides is 1. The predicted octanol–water partition coefficient (Wildman–Crippen LogP) is 3.59. The molecule has 0 radical (unpaired) electrons. The molecule has 30 heavy (non-hydrogen) atoms. The molecule has 0 saturated carbocycles. The van der Waals surface area contributed by atoms with Crippen LogP contribution in [0.3, 0.4) is 0 Å². The fourth-order valence-electron chi connectivity index (χ4n) is 4.17. The normalized spacial score (nSPS) is 16.4. The van der Waals surface area contributed by atoms with Crippen LogP contribution in [-0.2, 0) is 24.2 Å². The number of hydrogen-bond donors (Lipinski definition) is 0. The number of carbonyl (C=O) groups is 1. The van der Waals surface area contributed by atoms with Gasteiger partial charge in [0.25, 0.3) is 5.91 Å². The fourth-order valence-corrected chi connectivity index (χ4v) is 4.59. The molecule has 1 saturated heterocycles. The van der Waals surface area contributed by atoms with Gasteiger partial charge in [0.05, 0.1) is 48.3 Å². The molecule has 1 amide bonds. The quantitative estimate of drug-likeness (QED) is 0.612. The van der Waals surface area contributed by atoms with Crippen LogP contribution in [0, 0.1) is 5.92 Å². The Balaban J connectivity index is 1.51. The highest BCUT2D eigenvalue weighted by molar-refractivity contribution is 6.45. The first-order valence-electron chi connectivity index (χ1n) is 9.77. The van der Waals surface area contributed by atoms with E-state index >= 15 is 0 Å². The standard InChI is InChI=1S/C21H20Cl2N4O3/c1-29-13-6-24-20(25-7-13)21(28)26-5-4-17-15(9-26)14-2-3-16(22)18(23)19(14)27(17)8-12-10-30-11-12/h2-3,6-7,12H,4-5,8-11H2,1H3. The van der Waals surface area contributed by atoms with Crippen molar-refractivity contribution in [2.75, 3.05) is 26.9 Å². The van der Waals surface area contributed by atoms with Gasteiger partial charge in [-0.2, -0.15) is 0 Å². The maximum Gasteiger partial charge on any atom is 0.291 e. The number of benzene rings is 1.